The summed E-state index contributed by atoms with van der Waals surface area (Å²) in [5.41, 5.74) is 5.39. The first-order valence-corrected chi connectivity index (χ1v) is 27.9. The molecule has 2 unspecified atom stereocenters. The zero-order valence-electron chi connectivity index (χ0n) is 42.1. The molecule has 0 aromatic rings. The summed E-state index contributed by atoms with van der Waals surface area (Å²) >= 11 is 0. The molecule has 0 amide bonds. The van der Waals surface area contributed by atoms with E-state index in [1.165, 1.54) is 96.3 Å². The number of esters is 1. The second-order valence-corrected chi connectivity index (χ2v) is 18.5. The molecule has 0 aromatic carbocycles. The van der Waals surface area contributed by atoms with Crippen molar-refractivity contribution < 1.29 is 32.8 Å². The minimum Gasteiger partial charge on any atom is -0.457 e. The molecule has 0 radical (unpaired) electrons. The molecule has 9 heteroatoms. The number of hydrogen-bond donors (Lipinski definition) is 2. The van der Waals surface area contributed by atoms with Gasteiger partial charge in [-0.3, -0.25) is 13.8 Å². The molecule has 0 fully saturated rings. The van der Waals surface area contributed by atoms with Gasteiger partial charge in [-0.2, -0.15) is 0 Å². The van der Waals surface area contributed by atoms with Gasteiger partial charge in [-0.1, -0.05) is 207 Å². The highest BCUT2D eigenvalue weighted by Gasteiger charge is 2.25. The van der Waals surface area contributed by atoms with Crippen LogP contribution in [0.1, 0.15) is 206 Å². The minimum atomic E-state index is -4.31. The summed E-state index contributed by atoms with van der Waals surface area (Å²) in [5, 5.41) is 0. The predicted molar refractivity (Wildman–Crippen MR) is 284 cm³/mol. The lowest BCUT2D eigenvalue weighted by molar-refractivity contribution is -0.154. The zero-order chi connectivity index (χ0) is 48.0. The van der Waals surface area contributed by atoms with Gasteiger partial charge < -0.3 is 20.1 Å². The SMILES string of the molecule is CC/C=C\C/C=C\C/C=C\C/C=C\C/C=C\C/C=C\C/C=C\CCCCOCC(COP(=O)(O)OCCN)OC(=O)CCCCCCCCCCCCC/C=C\C/C=C\CCCCCCC. The molecule has 0 aliphatic heterocycles. The average molecular weight is 940 g/mol. The van der Waals surface area contributed by atoms with Gasteiger partial charge in [0.15, 0.2) is 0 Å². The second kappa shape index (κ2) is 53.1. The van der Waals surface area contributed by atoms with Gasteiger partial charge in [0, 0.05) is 19.6 Å². The fraction of sp³-hybridized carbons (Fsp3) is 0.667. The third-order valence-electron chi connectivity index (χ3n) is 10.7. The average Bonchev–Trinajstić information content (AvgIpc) is 3.31. The molecule has 0 saturated heterocycles. The number of phosphoric acid groups is 1. The monoisotopic (exact) mass is 940 g/mol. The number of hydrogen-bond acceptors (Lipinski definition) is 7. The fourth-order valence-corrected chi connectivity index (χ4v) is 7.60. The Labute approximate surface area is 405 Å². The second-order valence-electron chi connectivity index (χ2n) is 17.0. The summed E-state index contributed by atoms with van der Waals surface area (Å²) in [6.07, 6.45) is 72.7. The molecule has 0 saturated carbocycles. The van der Waals surface area contributed by atoms with Crippen molar-refractivity contribution >= 4 is 13.8 Å². The van der Waals surface area contributed by atoms with E-state index in [9.17, 15) is 14.3 Å². The molecule has 66 heavy (non-hydrogen) atoms. The van der Waals surface area contributed by atoms with Crippen molar-refractivity contribution in [3.8, 4) is 0 Å². The van der Waals surface area contributed by atoms with Crippen molar-refractivity contribution in [1.29, 1.82) is 0 Å². The lowest BCUT2D eigenvalue weighted by Crippen LogP contribution is -2.28. The smallest absolute Gasteiger partial charge is 0.457 e. The Morgan fingerprint density at radius 3 is 1.27 bits per heavy atom. The molecule has 8 nitrogen and oxygen atoms in total. The first kappa shape index (κ1) is 63.2. The minimum absolute atomic E-state index is 0.0788. The van der Waals surface area contributed by atoms with Crippen LogP contribution in [0.5, 0.6) is 0 Å². The molecule has 0 spiro atoms. The Kier molecular flexibility index (Phi) is 50.8. The van der Waals surface area contributed by atoms with Gasteiger partial charge in [-0.05, 0) is 103 Å². The highest BCUT2D eigenvalue weighted by Crippen LogP contribution is 2.43. The number of carbonyl (C=O) groups excluding carboxylic acids is 1. The van der Waals surface area contributed by atoms with E-state index < -0.39 is 13.9 Å². The largest absolute Gasteiger partial charge is 0.472 e. The Bertz CT molecular complexity index is 1380. The van der Waals surface area contributed by atoms with Gasteiger partial charge >= 0.3 is 13.8 Å². The van der Waals surface area contributed by atoms with E-state index in [0.29, 0.717) is 13.0 Å². The summed E-state index contributed by atoms with van der Waals surface area (Å²) in [4.78, 5) is 22.6. The lowest BCUT2D eigenvalue weighted by atomic mass is 10.0. The van der Waals surface area contributed by atoms with Crippen molar-refractivity contribution in [1.82, 2.24) is 0 Å². The number of allylic oxidation sites excluding steroid dienone is 18. The topological polar surface area (TPSA) is 117 Å². The van der Waals surface area contributed by atoms with Crippen LogP contribution in [0.4, 0.5) is 0 Å². The van der Waals surface area contributed by atoms with Crippen molar-refractivity contribution in [2.45, 2.75) is 213 Å². The summed E-state index contributed by atoms with van der Waals surface area (Å²) in [6.45, 7) is 4.67. The van der Waals surface area contributed by atoms with Crippen LogP contribution < -0.4 is 5.73 Å². The van der Waals surface area contributed by atoms with Crippen molar-refractivity contribution in [2.75, 3.05) is 33.0 Å². The van der Waals surface area contributed by atoms with Crippen LogP contribution in [0.2, 0.25) is 0 Å². The number of unbranched alkanes of at least 4 members (excludes halogenated alkanes) is 18. The molecule has 0 heterocycles. The standard InChI is InChI=1S/C57H98NO7P/c1-3-5-7-9-11-13-15-17-19-21-23-25-27-29-31-33-35-37-39-41-43-45-47-49-52-62-54-56(55-64-66(60,61)63-53-51-58)65-57(59)50-48-46-44-42-40-38-36-34-32-30-28-26-24-22-20-18-16-14-12-10-8-6-4-2/h5,7,11,13,16-19,22-25,29,31,35,37,41,43,56H,3-4,6,8-10,12,14-15,20-21,26-28,30,32-34,36,38-40,42,44-55,58H2,1-2H3,(H,60,61)/b7-5-,13-11-,18-16-,19-17-,24-22-,25-23-,31-29-,37-35-,43-41-. The van der Waals surface area contributed by atoms with Crippen LogP contribution in [0.25, 0.3) is 0 Å². The van der Waals surface area contributed by atoms with Crippen LogP contribution in [0.3, 0.4) is 0 Å². The molecular weight excluding hydrogens is 842 g/mol. The van der Waals surface area contributed by atoms with Crippen LogP contribution >= 0.6 is 7.82 Å². The molecule has 378 valence electrons. The van der Waals surface area contributed by atoms with E-state index in [0.717, 1.165) is 89.9 Å². The van der Waals surface area contributed by atoms with Crippen molar-refractivity contribution in [3.05, 3.63) is 109 Å². The molecule has 3 N–H and O–H groups in total. The van der Waals surface area contributed by atoms with Crippen molar-refractivity contribution in [2.24, 2.45) is 5.73 Å². The molecule has 0 rings (SSSR count). The quantitative estimate of drug-likeness (QED) is 0.0268. The Hall–Kier alpha value is -2.84. The highest BCUT2D eigenvalue weighted by molar-refractivity contribution is 7.47. The summed E-state index contributed by atoms with van der Waals surface area (Å²) < 4.78 is 33.6. The molecule has 0 bridgehead atoms. The van der Waals surface area contributed by atoms with E-state index in [-0.39, 0.29) is 32.3 Å². The molecule has 0 aliphatic rings. The lowest BCUT2D eigenvalue weighted by Gasteiger charge is -2.20. The molecule has 2 atom stereocenters. The normalized spacial score (nSPS) is 14.2. The maximum absolute atomic E-state index is 12.7. The zero-order valence-corrected chi connectivity index (χ0v) is 43.0. The van der Waals surface area contributed by atoms with Crippen LogP contribution in [-0.2, 0) is 27.9 Å². The number of rotatable bonds is 49. The molecular formula is C57H98NO7P. The van der Waals surface area contributed by atoms with Crippen LogP contribution in [0.15, 0.2) is 109 Å². The number of ether oxygens (including phenoxy) is 2. The molecule has 0 aliphatic carbocycles. The molecule has 0 aromatic heterocycles. The summed E-state index contributed by atoms with van der Waals surface area (Å²) in [7, 11) is -4.31. The van der Waals surface area contributed by atoms with Gasteiger partial charge in [0.1, 0.15) is 6.10 Å². The van der Waals surface area contributed by atoms with E-state index >= 15 is 0 Å². The number of carbonyl (C=O) groups is 1. The van der Waals surface area contributed by atoms with Gasteiger partial charge in [-0.15, -0.1) is 0 Å². The summed E-state index contributed by atoms with van der Waals surface area (Å²) in [5.74, 6) is -0.351. The van der Waals surface area contributed by atoms with E-state index in [1.54, 1.807) is 0 Å². The van der Waals surface area contributed by atoms with Gasteiger partial charge in [-0.25, -0.2) is 4.57 Å². The van der Waals surface area contributed by atoms with Gasteiger partial charge in [0.2, 0.25) is 0 Å². The van der Waals surface area contributed by atoms with Gasteiger partial charge in [0.25, 0.3) is 0 Å². The third kappa shape index (κ3) is 52.1. The number of nitrogens with two attached hydrogens (primary N) is 1. The van der Waals surface area contributed by atoms with Crippen molar-refractivity contribution in [3.63, 3.8) is 0 Å². The summed E-state index contributed by atoms with van der Waals surface area (Å²) in [6, 6.07) is 0. The number of phosphoric ester groups is 1. The van der Waals surface area contributed by atoms with E-state index in [4.69, 9.17) is 24.3 Å². The van der Waals surface area contributed by atoms with Crippen LogP contribution in [-0.4, -0.2) is 49.9 Å². The third-order valence-corrected chi connectivity index (χ3v) is 11.7. The maximum atomic E-state index is 12.7. The highest BCUT2D eigenvalue weighted by atomic mass is 31.2. The predicted octanol–water partition coefficient (Wildman–Crippen LogP) is 16.8. The Morgan fingerprint density at radius 2 is 0.848 bits per heavy atom. The van der Waals surface area contributed by atoms with Gasteiger partial charge in [0.05, 0.1) is 19.8 Å². The Balaban J connectivity index is 4.06. The fourth-order valence-electron chi connectivity index (χ4n) is 6.83. The van der Waals surface area contributed by atoms with Crippen LogP contribution in [0, 0.1) is 0 Å². The maximum Gasteiger partial charge on any atom is 0.472 e. The first-order valence-electron chi connectivity index (χ1n) is 26.4. The van der Waals surface area contributed by atoms with E-state index in [2.05, 4.69) is 123 Å². The van der Waals surface area contributed by atoms with E-state index in [1.807, 2.05) is 0 Å². The first-order chi connectivity index (χ1) is 32.4. The Morgan fingerprint density at radius 1 is 0.470 bits per heavy atom.